The quantitative estimate of drug-likeness (QED) is 0.838. The molecule has 9 heteroatoms. The molecule has 1 aliphatic rings. The van der Waals surface area contributed by atoms with E-state index in [9.17, 15) is 13.2 Å². The first-order valence-electron chi connectivity index (χ1n) is 6.47. The molecule has 21 heavy (non-hydrogen) atoms. The average molecular weight is 354 g/mol. The summed E-state index contributed by atoms with van der Waals surface area (Å²) in [5.41, 5.74) is 0. The van der Waals surface area contributed by atoms with E-state index in [2.05, 4.69) is 10.6 Å². The standard InChI is InChI=1S/C12H19N3O3S2.ClH/c1-9-7-13-5-6-15(9)20(17,18)12-4-3-11(19-12)8-14-10(2)16;/h3-4,9,13H,5-8H2,1-2H3,(H,14,16);1H. The first kappa shape index (κ1) is 18.4. The fourth-order valence-electron chi connectivity index (χ4n) is 2.10. The van der Waals surface area contributed by atoms with Crippen molar-refractivity contribution >= 4 is 39.7 Å². The first-order chi connectivity index (χ1) is 9.41. The zero-order valence-corrected chi connectivity index (χ0v) is 14.4. The Morgan fingerprint density at radius 1 is 1.52 bits per heavy atom. The highest BCUT2D eigenvalue weighted by molar-refractivity contribution is 7.91. The summed E-state index contributed by atoms with van der Waals surface area (Å²) in [5, 5.41) is 5.84. The van der Waals surface area contributed by atoms with Gasteiger partial charge in [-0.3, -0.25) is 4.79 Å². The number of halogens is 1. The number of carbonyl (C=O) groups is 1. The van der Waals surface area contributed by atoms with Crippen LogP contribution in [0.2, 0.25) is 0 Å². The van der Waals surface area contributed by atoms with Crippen molar-refractivity contribution in [1.29, 1.82) is 0 Å². The minimum Gasteiger partial charge on any atom is -0.351 e. The third kappa shape index (κ3) is 4.40. The van der Waals surface area contributed by atoms with Crippen molar-refractivity contribution in [2.75, 3.05) is 19.6 Å². The molecule has 0 bridgehead atoms. The Morgan fingerprint density at radius 3 is 2.86 bits per heavy atom. The van der Waals surface area contributed by atoms with Crippen LogP contribution in [0.3, 0.4) is 0 Å². The van der Waals surface area contributed by atoms with E-state index in [1.165, 1.54) is 22.6 Å². The number of nitrogens with one attached hydrogen (secondary N) is 2. The first-order valence-corrected chi connectivity index (χ1v) is 8.72. The summed E-state index contributed by atoms with van der Waals surface area (Å²) >= 11 is 1.21. The minimum absolute atomic E-state index is 0. The summed E-state index contributed by atoms with van der Waals surface area (Å²) < 4.78 is 27.0. The smallest absolute Gasteiger partial charge is 0.252 e. The molecule has 2 heterocycles. The molecule has 1 aliphatic heterocycles. The molecule has 1 aromatic heterocycles. The molecular weight excluding hydrogens is 334 g/mol. The lowest BCUT2D eigenvalue weighted by atomic mass is 10.3. The molecule has 1 amide bonds. The highest BCUT2D eigenvalue weighted by atomic mass is 35.5. The zero-order valence-electron chi connectivity index (χ0n) is 12.0. The number of nitrogens with zero attached hydrogens (tertiary/aromatic N) is 1. The van der Waals surface area contributed by atoms with Crippen LogP contribution in [0, 0.1) is 0 Å². The summed E-state index contributed by atoms with van der Waals surface area (Å²) in [5.74, 6) is -0.126. The second-order valence-corrected chi connectivity index (χ2v) is 8.09. The Balaban J connectivity index is 0.00000220. The molecule has 0 spiro atoms. The highest BCUT2D eigenvalue weighted by Gasteiger charge is 2.31. The molecule has 2 rings (SSSR count). The van der Waals surface area contributed by atoms with Gasteiger partial charge in [-0.25, -0.2) is 8.42 Å². The number of hydrogen-bond acceptors (Lipinski definition) is 5. The van der Waals surface area contributed by atoms with Crippen LogP contribution in [0.15, 0.2) is 16.3 Å². The molecule has 1 aromatic rings. The van der Waals surface area contributed by atoms with Gasteiger partial charge in [0.05, 0.1) is 6.54 Å². The lowest BCUT2D eigenvalue weighted by Gasteiger charge is -2.32. The third-order valence-corrected chi connectivity index (χ3v) is 6.72. The predicted molar refractivity (Wildman–Crippen MR) is 85.3 cm³/mol. The summed E-state index contributed by atoms with van der Waals surface area (Å²) in [6.45, 7) is 5.54. The van der Waals surface area contributed by atoms with E-state index in [0.717, 1.165) is 4.88 Å². The van der Waals surface area contributed by atoms with Gasteiger partial charge in [-0.05, 0) is 19.1 Å². The summed E-state index contributed by atoms with van der Waals surface area (Å²) in [7, 11) is -3.43. The van der Waals surface area contributed by atoms with Crippen molar-refractivity contribution in [2.45, 2.75) is 30.6 Å². The monoisotopic (exact) mass is 353 g/mol. The average Bonchev–Trinajstić information content (AvgIpc) is 2.86. The van der Waals surface area contributed by atoms with Gasteiger partial charge in [0, 0.05) is 37.5 Å². The van der Waals surface area contributed by atoms with Crippen LogP contribution < -0.4 is 10.6 Å². The largest absolute Gasteiger partial charge is 0.351 e. The molecule has 0 aliphatic carbocycles. The van der Waals surface area contributed by atoms with Crippen molar-refractivity contribution in [1.82, 2.24) is 14.9 Å². The van der Waals surface area contributed by atoms with Gasteiger partial charge in [0.2, 0.25) is 5.91 Å². The van der Waals surface area contributed by atoms with Crippen LogP contribution in [0.1, 0.15) is 18.7 Å². The molecule has 2 N–H and O–H groups in total. The van der Waals surface area contributed by atoms with Crippen molar-refractivity contribution < 1.29 is 13.2 Å². The van der Waals surface area contributed by atoms with E-state index in [0.29, 0.717) is 30.4 Å². The lowest BCUT2D eigenvalue weighted by molar-refractivity contribution is -0.119. The fraction of sp³-hybridized carbons (Fsp3) is 0.583. The number of hydrogen-bond donors (Lipinski definition) is 2. The maximum absolute atomic E-state index is 12.6. The molecule has 1 fully saturated rings. The van der Waals surface area contributed by atoms with Gasteiger partial charge in [0.15, 0.2) is 0 Å². The summed E-state index contributed by atoms with van der Waals surface area (Å²) in [6.07, 6.45) is 0. The molecule has 6 nitrogen and oxygen atoms in total. The highest BCUT2D eigenvalue weighted by Crippen LogP contribution is 2.26. The van der Waals surface area contributed by atoms with Gasteiger partial charge in [-0.2, -0.15) is 4.31 Å². The Kier molecular flexibility index (Phi) is 6.61. The topological polar surface area (TPSA) is 78.5 Å². The normalized spacial score (nSPS) is 19.8. The second kappa shape index (κ2) is 7.55. The molecule has 0 saturated carbocycles. The molecule has 1 atom stereocenters. The van der Waals surface area contributed by atoms with Crippen LogP contribution in [0.25, 0.3) is 0 Å². The molecular formula is C12H20ClN3O3S2. The fourth-order valence-corrected chi connectivity index (χ4v) is 5.15. The minimum atomic E-state index is -3.43. The van der Waals surface area contributed by atoms with E-state index in [4.69, 9.17) is 0 Å². The van der Waals surface area contributed by atoms with Crippen LogP contribution in [-0.2, 0) is 21.4 Å². The second-order valence-electron chi connectivity index (χ2n) is 4.80. The molecule has 1 saturated heterocycles. The van der Waals surface area contributed by atoms with E-state index >= 15 is 0 Å². The van der Waals surface area contributed by atoms with Crippen molar-refractivity contribution in [2.24, 2.45) is 0 Å². The van der Waals surface area contributed by atoms with Gasteiger partial charge < -0.3 is 10.6 Å². The Morgan fingerprint density at radius 2 is 2.24 bits per heavy atom. The number of carbonyl (C=O) groups excluding carboxylic acids is 1. The number of thiophene rings is 1. The van der Waals surface area contributed by atoms with Crippen molar-refractivity contribution in [3.05, 3.63) is 17.0 Å². The van der Waals surface area contributed by atoms with Crippen LogP contribution in [0.4, 0.5) is 0 Å². The van der Waals surface area contributed by atoms with Crippen LogP contribution >= 0.6 is 23.7 Å². The predicted octanol–water partition coefficient (Wildman–Crippen LogP) is 0.788. The zero-order chi connectivity index (χ0) is 14.8. The molecule has 0 aromatic carbocycles. The Hall–Kier alpha value is -0.670. The van der Waals surface area contributed by atoms with E-state index in [1.807, 2.05) is 6.92 Å². The Bertz CT molecular complexity index is 588. The van der Waals surface area contributed by atoms with Gasteiger partial charge >= 0.3 is 0 Å². The molecule has 0 radical (unpaired) electrons. The SMILES string of the molecule is CC(=O)NCc1ccc(S(=O)(=O)N2CCNCC2C)s1.Cl. The third-order valence-electron chi connectivity index (χ3n) is 3.15. The maximum atomic E-state index is 12.6. The van der Waals surface area contributed by atoms with Crippen LogP contribution in [-0.4, -0.2) is 44.3 Å². The van der Waals surface area contributed by atoms with E-state index < -0.39 is 10.0 Å². The number of amides is 1. The Labute approximate surface area is 135 Å². The number of sulfonamides is 1. The summed E-state index contributed by atoms with van der Waals surface area (Å²) in [4.78, 5) is 11.7. The van der Waals surface area contributed by atoms with Crippen molar-refractivity contribution in [3.8, 4) is 0 Å². The molecule has 1 unspecified atom stereocenters. The lowest BCUT2D eigenvalue weighted by Crippen LogP contribution is -2.51. The van der Waals surface area contributed by atoms with Gasteiger partial charge in [0.25, 0.3) is 10.0 Å². The van der Waals surface area contributed by atoms with E-state index in [1.54, 1.807) is 12.1 Å². The van der Waals surface area contributed by atoms with Gasteiger partial charge in [0.1, 0.15) is 4.21 Å². The van der Waals surface area contributed by atoms with Gasteiger partial charge in [-0.15, -0.1) is 23.7 Å². The van der Waals surface area contributed by atoms with E-state index in [-0.39, 0.29) is 24.4 Å². The maximum Gasteiger partial charge on any atom is 0.252 e. The number of piperazine rings is 1. The summed E-state index contributed by atoms with van der Waals surface area (Å²) in [6, 6.07) is 3.32. The number of rotatable bonds is 4. The van der Waals surface area contributed by atoms with Crippen LogP contribution in [0.5, 0.6) is 0 Å². The van der Waals surface area contributed by atoms with Gasteiger partial charge in [-0.1, -0.05) is 0 Å². The molecule has 120 valence electrons. The van der Waals surface area contributed by atoms with Crippen molar-refractivity contribution in [3.63, 3.8) is 0 Å².